The van der Waals surface area contributed by atoms with E-state index in [0.717, 1.165) is 5.69 Å². The van der Waals surface area contributed by atoms with E-state index in [9.17, 15) is 4.79 Å². The minimum atomic E-state index is 0.0607. The van der Waals surface area contributed by atoms with Crippen LogP contribution >= 0.6 is 0 Å². The summed E-state index contributed by atoms with van der Waals surface area (Å²) in [5, 5.41) is 4.24. The number of rotatable bonds is 3. The van der Waals surface area contributed by atoms with Gasteiger partial charge in [0, 0.05) is 12.1 Å². The average Bonchev–Trinajstić information content (AvgIpc) is 2.48. The molecule has 0 bridgehead atoms. The zero-order chi connectivity index (χ0) is 10.1. The van der Waals surface area contributed by atoms with Gasteiger partial charge in [-0.25, -0.2) is 0 Å². The van der Waals surface area contributed by atoms with E-state index in [2.05, 4.69) is 5.10 Å². The number of aromatic nitrogens is 2. The van der Waals surface area contributed by atoms with Gasteiger partial charge in [0.1, 0.15) is 5.69 Å². The molecular formula is C11H16N2O. The molecule has 0 unspecified atom stereocenters. The third kappa shape index (κ3) is 1.47. The van der Waals surface area contributed by atoms with Gasteiger partial charge in [-0.05, 0) is 25.3 Å². The molecule has 3 heteroatoms. The summed E-state index contributed by atoms with van der Waals surface area (Å²) in [7, 11) is 0. The van der Waals surface area contributed by atoms with Crippen molar-refractivity contribution >= 4 is 5.78 Å². The fraction of sp³-hybridized carbons (Fsp3) is 0.636. The Morgan fingerprint density at radius 1 is 1.57 bits per heavy atom. The van der Waals surface area contributed by atoms with Gasteiger partial charge in [-0.2, -0.15) is 5.10 Å². The normalized spacial score (nSPS) is 17.1. The second-order valence-corrected chi connectivity index (χ2v) is 4.26. The van der Waals surface area contributed by atoms with E-state index in [1.54, 1.807) is 6.20 Å². The van der Waals surface area contributed by atoms with Crippen LogP contribution in [0.5, 0.6) is 0 Å². The van der Waals surface area contributed by atoms with Crippen molar-refractivity contribution in [1.29, 1.82) is 0 Å². The molecule has 0 radical (unpaired) electrons. The maximum atomic E-state index is 11.8. The molecule has 0 atom stereocenters. The van der Waals surface area contributed by atoms with Crippen molar-refractivity contribution in [2.45, 2.75) is 39.2 Å². The Morgan fingerprint density at radius 3 is 2.79 bits per heavy atom. The van der Waals surface area contributed by atoms with Crippen molar-refractivity contribution in [3.05, 3.63) is 18.0 Å². The Labute approximate surface area is 84.1 Å². The first-order valence-corrected chi connectivity index (χ1v) is 5.28. The Kier molecular flexibility index (Phi) is 2.40. The molecule has 1 heterocycles. The molecule has 3 nitrogen and oxygen atoms in total. The third-order valence-corrected chi connectivity index (χ3v) is 2.87. The van der Waals surface area contributed by atoms with Gasteiger partial charge in [0.2, 0.25) is 0 Å². The smallest absolute Gasteiger partial charge is 0.183 e. The molecule has 1 aliphatic rings. The highest BCUT2D eigenvalue weighted by atomic mass is 16.1. The van der Waals surface area contributed by atoms with Crippen molar-refractivity contribution in [3.8, 4) is 0 Å². The fourth-order valence-electron chi connectivity index (χ4n) is 1.73. The lowest BCUT2D eigenvalue weighted by atomic mass is 9.92. The monoisotopic (exact) mass is 192 g/mol. The van der Waals surface area contributed by atoms with E-state index in [1.165, 1.54) is 19.3 Å². The van der Waals surface area contributed by atoms with E-state index < -0.39 is 0 Å². The van der Waals surface area contributed by atoms with Gasteiger partial charge in [-0.15, -0.1) is 0 Å². The molecule has 1 fully saturated rings. The predicted octanol–water partition coefficient (Wildman–Crippen LogP) is 2.45. The topological polar surface area (TPSA) is 34.9 Å². The zero-order valence-corrected chi connectivity index (χ0v) is 8.73. The summed E-state index contributed by atoms with van der Waals surface area (Å²) in [6, 6.07) is 2.31. The van der Waals surface area contributed by atoms with E-state index in [-0.39, 0.29) is 11.7 Å². The van der Waals surface area contributed by atoms with Crippen LogP contribution in [0.2, 0.25) is 0 Å². The van der Waals surface area contributed by atoms with E-state index in [4.69, 9.17) is 0 Å². The molecule has 0 N–H and O–H groups in total. The number of carbonyl (C=O) groups excluding carboxylic acids is 1. The molecule has 1 aromatic heterocycles. The summed E-state index contributed by atoms with van der Waals surface area (Å²) in [4.78, 5) is 11.8. The molecule has 76 valence electrons. The number of hydrogen-bond donors (Lipinski definition) is 0. The van der Waals surface area contributed by atoms with Crippen molar-refractivity contribution in [1.82, 2.24) is 9.78 Å². The Morgan fingerprint density at radius 2 is 2.29 bits per heavy atom. The van der Waals surface area contributed by atoms with Crippen molar-refractivity contribution in [2.75, 3.05) is 0 Å². The summed E-state index contributed by atoms with van der Waals surface area (Å²) in [5.41, 5.74) is 0.782. The van der Waals surface area contributed by atoms with Crippen LogP contribution in [0.1, 0.15) is 49.6 Å². The lowest BCUT2D eigenvalue weighted by Gasteiger charge is -2.27. The number of carbonyl (C=O) groups is 1. The Balaban J connectivity index is 2.24. The van der Waals surface area contributed by atoms with Crippen LogP contribution in [0, 0.1) is 5.92 Å². The molecular weight excluding hydrogens is 176 g/mol. The number of hydrogen-bond acceptors (Lipinski definition) is 2. The first-order valence-electron chi connectivity index (χ1n) is 5.28. The lowest BCUT2D eigenvalue weighted by molar-refractivity contribution is 0.0921. The van der Waals surface area contributed by atoms with Gasteiger partial charge in [0.05, 0.1) is 6.04 Å². The Bertz CT molecular complexity index is 337. The second kappa shape index (κ2) is 3.56. The summed E-state index contributed by atoms with van der Waals surface area (Å²) < 4.78 is 1.91. The van der Waals surface area contributed by atoms with Gasteiger partial charge in [0.15, 0.2) is 5.78 Å². The van der Waals surface area contributed by atoms with Crippen LogP contribution in [-0.2, 0) is 0 Å². The van der Waals surface area contributed by atoms with Crippen molar-refractivity contribution in [2.24, 2.45) is 5.92 Å². The highest BCUT2D eigenvalue weighted by Gasteiger charge is 2.25. The zero-order valence-electron chi connectivity index (χ0n) is 8.73. The van der Waals surface area contributed by atoms with Gasteiger partial charge >= 0.3 is 0 Å². The summed E-state index contributed by atoms with van der Waals surface area (Å²) in [5.74, 6) is 0.264. The van der Waals surface area contributed by atoms with Crippen LogP contribution in [0.25, 0.3) is 0 Å². The lowest BCUT2D eigenvalue weighted by Crippen LogP contribution is -2.23. The minimum absolute atomic E-state index is 0.0607. The van der Waals surface area contributed by atoms with Crippen LogP contribution in [0.3, 0.4) is 0 Å². The quantitative estimate of drug-likeness (QED) is 0.689. The van der Waals surface area contributed by atoms with Gasteiger partial charge in [-0.3, -0.25) is 9.48 Å². The highest BCUT2D eigenvalue weighted by molar-refractivity contribution is 5.95. The van der Waals surface area contributed by atoms with Crippen LogP contribution in [-0.4, -0.2) is 15.6 Å². The standard InChI is InChI=1S/C11H16N2O/c1-8(2)11(14)10-6-7-12-13(10)9-4-3-5-9/h6-9H,3-5H2,1-2H3. The highest BCUT2D eigenvalue weighted by Crippen LogP contribution is 2.32. The summed E-state index contributed by atoms with van der Waals surface area (Å²) in [6.07, 6.45) is 5.33. The minimum Gasteiger partial charge on any atom is -0.292 e. The average molecular weight is 192 g/mol. The van der Waals surface area contributed by atoms with Crippen molar-refractivity contribution < 1.29 is 4.79 Å². The summed E-state index contributed by atoms with van der Waals surface area (Å²) >= 11 is 0. The predicted molar refractivity (Wildman–Crippen MR) is 54.3 cm³/mol. The maximum Gasteiger partial charge on any atom is 0.183 e. The van der Waals surface area contributed by atoms with Gasteiger partial charge in [0.25, 0.3) is 0 Å². The molecule has 0 spiro atoms. The molecule has 1 aromatic rings. The Hall–Kier alpha value is -1.12. The number of ketones is 1. The van der Waals surface area contributed by atoms with Gasteiger partial charge in [-0.1, -0.05) is 13.8 Å². The SMILES string of the molecule is CC(C)C(=O)c1ccnn1C1CCC1. The van der Waals surface area contributed by atoms with E-state index >= 15 is 0 Å². The number of Topliss-reactive ketones (excluding diaryl/α,β-unsaturated/α-hetero) is 1. The molecule has 0 aliphatic heterocycles. The third-order valence-electron chi connectivity index (χ3n) is 2.87. The second-order valence-electron chi connectivity index (χ2n) is 4.26. The first-order chi connectivity index (χ1) is 6.70. The molecule has 1 saturated carbocycles. The fourth-order valence-corrected chi connectivity index (χ4v) is 1.73. The van der Waals surface area contributed by atoms with Gasteiger partial charge < -0.3 is 0 Å². The van der Waals surface area contributed by atoms with Crippen LogP contribution in [0.4, 0.5) is 0 Å². The molecule has 0 aromatic carbocycles. The molecule has 1 aliphatic carbocycles. The summed E-state index contributed by atoms with van der Waals surface area (Å²) in [6.45, 7) is 3.86. The first kappa shape index (κ1) is 9.44. The molecule has 0 saturated heterocycles. The molecule has 0 amide bonds. The van der Waals surface area contributed by atoms with E-state index in [0.29, 0.717) is 6.04 Å². The van der Waals surface area contributed by atoms with Crippen LogP contribution < -0.4 is 0 Å². The number of nitrogens with zero attached hydrogens (tertiary/aromatic N) is 2. The van der Waals surface area contributed by atoms with Crippen molar-refractivity contribution in [3.63, 3.8) is 0 Å². The maximum absolute atomic E-state index is 11.8. The van der Waals surface area contributed by atoms with Crippen LogP contribution in [0.15, 0.2) is 12.3 Å². The molecule has 14 heavy (non-hydrogen) atoms. The molecule has 2 rings (SSSR count). The largest absolute Gasteiger partial charge is 0.292 e. The van der Waals surface area contributed by atoms with E-state index in [1.807, 2.05) is 24.6 Å².